The quantitative estimate of drug-likeness (QED) is 0.763. The number of amides is 1. The largest absolute Gasteiger partial charge is 0.392 e. The Labute approximate surface area is 133 Å². The Kier molecular flexibility index (Phi) is 3.16. The summed E-state index contributed by atoms with van der Waals surface area (Å²) >= 11 is 0. The molecule has 5 heteroatoms. The number of aliphatic hydroxyl groups is 1. The minimum atomic E-state index is -0.0519. The second-order valence-electron chi connectivity index (χ2n) is 5.95. The number of hydrogen-bond acceptors (Lipinski definition) is 3. The van der Waals surface area contributed by atoms with E-state index in [-0.39, 0.29) is 18.6 Å². The highest BCUT2D eigenvalue weighted by Crippen LogP contribution is 2.29. The number of imidazole rings is 1. The van der Waals surface area contributed by atoms with Gasteiger partial charge in [0.25, 0.3) is 5.91 Å². The second-order valence-corrected chi connectivity index (χ2v) is 5.95. The van der Waals surface area contributed by atoms with E-state index in [9.17, 15) is 9.90 Å². The minimum Gasteiger partial charge on any atom is -0.392 e. The molecule has 116 valence electrons. The van der Waals surface area contributed by atoms with Gasteiger partial charge in [0.1, 0.15) is 5.82 Å². The molecule has 0 fully saturated rings. The average molecular weight is 307 g/mol. The van der Waals surface area contributed by atoms with E-state index in [2.05, 4.69) is 9.88 Å². The van der Waals surface area contributed by atoms with Crippen molar-refractivity contribution in [3.05, 3.63) is 53.6 Å². The van der Waals surface area contributed by atoms with Crippen molar-refractivity contribution in [2.24, 2.45) is 0 Å². The summed E-state index contributed by atoms with van der Waals surface area (Å²) in [6.45, 7) is 2.70. The van der Waals surface area contributed by atoms with Crippen molar-refractivity contribution in [3.63, 3.8) is 0 Å². The van der Waals surface area contributed by atoms with Gasteiger partial charge in [0.05, 0.1) is 23.2 Å². The van der Waals surface area contributed by atoms with Gasteiger partial charge in [0.15, 0.2) is 0 Å². The van der Waals surface area contributed by atoms with Gasteiger partial charge < -0.3 is 15.0 Å². The lowest BCUT2D eigenvalue weighted by atomic mass is 10.1. The highest BCUT2D eigenvalue weighted by molar-refractivity contribution is 6.06. The summed E-state index contributed by atoms with van der Waals surface area (Å²) in [5.41, 5.74) is 4.22. The molecule has 5 nitrogen and oxygen atoms in total. The van der Waals surface area contributed by atoms with E-state index in [1.165, 1.54) is 0 Å². The van der Waals surface area contributed by atoms with Crippen molar-refractivity contribution in [3.8, 4) is 11.4 Å². The molecule has 2 heterocycles. The number of nitrogens with zero attached hydrogens (tertiary/aromatic N) is 2. The highest BCUT2D eigenvalue weighted by atomic mass is 16.3. The molecule has 1 atom stereocenters. The first-order chi connectivity index (χ1) is 11.2. The van der Waals surface area contributed by atoms with Gasteiger partial charge in [-0.15, -0.1) is 0 Å². The Hall–Kier alpha value is -2.66. The topological polar surface area (TPSA) is 67.1 Å². The van der Waals surface area contributed by atoms with Gasteiger partial charge in [-0.3, -0.25) is 4.79 Å². The molecule has 0 saturated carbocycles. The molecule has 23 heavy (non-hydrogen) atoms. The molecule has 0 spiro atoms. The van der Waals surface area contributed by atoms with Gasteiger partial charge in [-0.2, -0.15) is 0 Å². The first kappa shape index (κ1) is 14.0. The van der Waals surface area contributed by atoms with Gasteiger partial charge in [-0.1, -0.05) is 30.3 Å². The number of nitrogens with one attached hydrogen (secondary N) is 1. The number of rotatable bonds is 2. The molecule has 0 radical (unpaired) electrons. The van der Waals surface area contributed by atoms with E-state index in [4.69, 9.17) is 4.98 Å². The Balaban J connectivity index is 1.97. The van der Waals surface area contributed by atoms with Crippen LogP contribution in [-0.4, -0.2) is 26.6 Å². The zero-order chi connectivity index (χ0) is 16.0. The predicted molar refractivity (Wildman–Crippen MR) is 88.0 cm³/mol. The SMILES string of the molecule is CC1Cn2c(-c3ccc(CO)cc3)nc3cccc(c32)C(=O)N1. The van der Waals surface area contributed by atoms with Crippen molar-refractivity contribution < 1.29 is 9.90 Å². The van der Waals surface area contributed by atoms with Crippen LogP contribution in [0.4, 0.5) is 0 Å². The van der Waals surface area contributed by atoms with Crippen LogP contribution in [0.2, 0.25) is 0 Å². The molecular formula is C18H17N3O2. The molecule has 1 unspecified atom stereocenters. The monoisotopic (exact) mass is 307 g/mol. The van der Waals surface area contributed by atoms with Crippen LogP contribution in [0.3, 0.4) is 0 Å². The number of carbonyl (C=O) groups excluding carboxylic acids is 1. The smallest absolute Gasteiger partial charge is 0.253 e. The number of hydrogen-bond donors (Lipinski definition) is 2. The molecule has 2 aromatic carbocycles. The standard InChI is InChI=1S/C18H17N3O2/c1-11-9-21-16-14(18(23)19-11)3-2-4-15(16)20-17(21)13-7-5-12(10-22)6-8-13/h2-8,11,22H,9-10H2,1H3,(H,19,23). The summed E-state index contributed by atoms with van der Waals surface area (Å²) in [6, 6.07) is 13.4. The molecule has 1 aliphatic heterocycles. The van der Waals surface area contributed by atoms with Crippen LogP contribution in [0.5, 0.6) is 0 Å². The van der Waals surface area contributed by atoms with Crippen LogP contribution in [0.25, 0.3) is 22.4 Å². The molecule has 3 aromatic rings. The van der Waals surface area contributed by atoms with Gasteiger partial charge in [0.2, 0.25) is 0 Å². The fraction of sp³-hybridized carbons (Fsp3) is 0.222. The first-order valence-electron chi connectivity index (χ1n) is 7.67. The Morgan fingerprint density at radius 3 is 2.78 bits per heavy atom. The van der Waals surface area contributed by atoms with Crippen molar-refractivity contribution >= 4 is 16.9 Å². The highest BCUT2D eigenvalue weighted by Gasteiger charge is 2.24. The molecule has 0 saturated heterocycles. The number of aliphatic hydroxyl groups excluding tert-OH is 1. The third kappa shape index (κ3) is 2.21. The first-order valence-corrected chi connectivity index (χ1v) is 7.67. The van der Waals surface area contributed by atoms with Crippen LogP contribution >= 0.6 is 0 Å². The summed E-state index contributed by atoms with van der Waals surface area (Å²) in [4.78, 5) is 17.1. The maximum absolute atomic E-state index is 12.4. The minimum absolute atomic E-state index is 0.0241. The van der Waals surface area contributed by atoms with E-state index in [0.29, 0.717) is 12.1 Å². The van der Waals surface area contributed by atoms with Gasteiger partial charge in [0, 0.05) is 18.2 Å². The maximum atomic E-state index is 12.4. The number of aromatic nitrogens is 2. The van der Waals surface area contributed by atoms with E-state index in [1.54, 1.807) is 0 Å². The summed E-state index contributed by atoms with van der Waals surface area (Å²) in [5.74, 6) is 0.796. The third-order valence-electron chi connectivity index (χ3n) is 4.24. The zero-order valence-electron chi connectivity index (χ0n) is 12.8. The Morgan fingerprint density at radius 1 is 1.26 bits per heavy atom. The fourth-order valence-electron chi connectivity index (χ4n) is 3.15. The molecule has 4 rings (SSSR count). The molecule has 1 aliphatic rings. The predicted octanol–water partition coefficient (Wildman–Crippen LogP) is 2.33. The summed E-state index contributed by atoms with van der Waals surface area (Å²) < 4.78 is 2.11. The van der Waals surface area contributed by atoms with E-state index in [1.807, 2.05) is 49.4 Å². The normalized spacial score (nSPS) is 17.1. The lowest BCUT2D eigenvalue weighted by Gasteiger charge is -2.13. The van der Waals surface area contributed by atoms with Gasteiger partial charge in [-0.25, -0.2) is 4.98 Å². The second kappa shape index (κ2) is 5.21. The molecule has 2 N–H and O–H groups in total. The van der Waals surface area contributed by atoms with Gasteiger partial charge in [-0.05, 0) is 24.6 Å². The van der Waals surface area contributed by atoms with Crippen LogP contribution in [0.15, 0.2) is 42.5 Å². The summed E-state index contributed by atoms with van der Waals surface area (Å²) in [7, 11) is 0. The van der Waals surface area contributed by atoms with Crippen LogP contribution in [0.1, 0.15) is 22.8 Å². The fourth-order valence-corrected chi connectivity index (χ4v) is 3.15. The summed E-state index contributed by atoms with van der Waals surface area (Å²) in [5, 5.41) is 12.2. The van der Waals surface area contributed by atoms with E-state index in [0.717, 1.165) is 28.0 Å². The zero-order valence-corrected chi connectivity index (χ0v) is 12.8. The lowest BCUT2D eigenvalue weighted by Crippen LogP contribution is -2.33. The van der Waals surface area contributed by atoms with Crippen LogP contribution < -0.4 is 5.32 Å². The van der Waals surface area contributed by atoms with Gasteiger partial charge >= 0.3 is 0 Å². The number of carbonyl (C=O) groups is 1. The third-order valence-corrected chi connectivity index (χ3v) is 4.24. The molecule has 0 aliphatic carbocycles. The van der Waals surface area contributed by atoms with Crippen LogP contribution in [0, 0.1) is 0 Å². The lowest BCUT2D eigenvalue weighted by molar-refractivity contribution is 0.0942. The number of para-hydroxylation sites is 1. The van der Waals surface area contributed by atoms with Crippen molar-refractivity contribution in [1.29, 1.82) is 0 Å². The average Bonchev–Trinajstić information content (AvgIpc) is 2.86. The maximum Gasteiger partial charge on any atom is 0.253 e. The molecule has 1 aromatic heterocycles. The van der Waals surface area contributed by atoms with Crippen molar-refractivity contribution in [2.75, 3.05) is 0 Å². The number of benzene rings is 2. The van der Waals surface area contributed by atoms with E-state index < -0.39 is 0 Å². The molecular weight excluding hydrogens is 290 g/mol. The Morgan fingerprint density at radius 2 is 2.04 bits per heavy atom. The summed E-state index contributed by atoms with van der Waals surface area (Å²) in [6.07, 6.45) is 0. The Bertz CT molecular complexity index is 897. The van der Waals surface area contributed by atoms with E-state index >= 15 is 0 Å². The molecule has 0 bridgehead atoms. The van der Waals surface area contributed by atoms with Crippen LogP contribution in [-0.2, 0) is 13.2 Å². The molecule has 1 amide bonds. The van der Waals surface area contributed by atoms with Crippen molar-refractivity contribution in [2.45, 2.75) is 26.1 Å². The van der Waals surface area contributed by atoms with Crippen molar-refractivity contribution in [1.82, 2.24) is 14.9 Å².